The van der Waals surface area contributed by atoms with Crippen LogP contribution in [0, 0.1) is 0 Å². The third-order valence-corrected chi connectivity index (χ3v) is 3.07. The first-order valence-electron chi connectivity index (χ1n) is 5.52. The summed E-state index contributed by atoms with van der Waals surface area (Å²) >= 11 is 0. The summed E-state index contributed by atoms with van der Waals surface area (Å²) in [5.74, 6) is -48.9. The molecule has 0 saturated carbocycles. The van der Waals surface area contributed by atoms with Crippen LogP contribution in [-0.2, 0) is 0 Å². The predicted octanol–water partition coefficient (Wildman–Crippen LogP) is 6.11. The van der Waals surface area contributed by atoms with Gasteiger partial charge >= 0.3 is 35.5 Å². The lowest BCUT2D eigenvalue weighted by Gasteiger charge is -2.22. The molecule has 0 saturated heterocycles. The summed E-state index contributed by atoms with van der Waals surface area (Å²) in [7, 11) is 0. The maximum absolute atomic E-state index is 12.0. The van der Waals surface area contributed by atoms with Gasteiger partial charge in [-0.3, -0.25) is 0 Å². The van der Waals surface area contributed by atoms with Gasteiger partial charge in [-0.2, -0.15) is 52.7 Å². The Balaban J connectivity index is 0.000000260. The van der Waals surface area contributed by atoms with E-state index in [9.17, 15) is 70.2 Å². The Kier molecular flexibility index (Phi) is 4.68. The first-order valence-corrected chi connectivity index (χ1v) is 5.52. The summed E-state index contributed by atoms with van der Waals surface area (Å²) in [6, 6.07) is 0. The molecule has 0 unspecified atom stereocenters. The standard InChI is InChI=1S/2C5F8/c2*6-1-2(7)4(10,11)5(12,13)3(1,8)9. The minimum atomic E-state index is -6.06. The summed E-state index contributed by atoms with van der Waals surface area (Å²) in [5, 5.41) is 0. The first-order chi connectivity index (χ1) is 11.1. The Labute approximate surface area is 130 Å². The van der Waals surface area contributed by atoms with Crippen molar-refractivity contribution in [3.8, 4) is 0 Å². The number of alkyl halides is 12. The minimum absolute atomic E-state index is 3.41. The van der Waals surface area contributed by atoms with Crippen molar-refractivity contribution < 1.29 is 70.2 Å². The third-order valence-electron chi connectivity index (χ3n) is 3.07. The maximum Gasteiger partial charge on any atom is 0.385 e. The van der Waals surface area contributed by atoms with Crippen LogP contribution < -0.4 is 0 Å². The lowest BCUT2D eigenvalue weighted by molar-refractivity contribution is -0.271. The first kappa shape index (κ1) is 22.4. The van der Waals surface area contributed by atoms with Crippen LogP contribution in [0.3, 0.4) is 0 Å². The molecule has 26 heavy (non-hydrogen) atoms. The van der Waals surface area contributed by atoms with Gasteiger partial charge in [0.25, 0.3) is 0 Å². The van der Waals surface area contributed by atoms with E-state index in [1.54, 1.807) is 0 Å². The van der Waals surface area contributed by atoms with Gasteiger partial charge in [-0.25, -0.2) is 17.6 Å². The zero-order valence-electron chi connectivity index (χ0n) is 11.0. The Bertz CT molecular complexity index is 555. The summed E-state index contributed by atoms with van der Waals surface area (Å²) in [6.45, 7) is 0. The normalized spacial score (nSPS) is 29.5. The molecule has 152 valence electrons. The van der Waals surface area contributed by atoms with Gasteiger partial charge in [0.15, 0.2) is 0 Å². The van der Waals surface area contributed by atoms with Crippen molar-refractivity contribution in [2.45, 2.75) is 35.5 Å². The second kappa shape index (κ2) is 5.43. The molecule has 0 spiro atoms. The monoisotopic (exact) mass is 424 g/mol. The fourth-order valence-electron chi connectivity index (χ4n) is 1.50. The Morgan fingerprint density at radius 3 is 0.462 bits per heavy atom. The second-order valence-electron chi connectivity index (χ2n) is 4.70. The van der Waals surface area contributed by atoms with Crippen LogP contribution in [0.5, 0.6) is 0 Å². The second-order valence-corrected chi connectivity index (χ2v) is 4.70. The SMILES string of the molecule is FC1=C(F)C(F)(F)C(F)(F)C1(F)F.FC1=C(F)C(F)(F)C(F)(F)C1(F)F. The lowest BCUT2D eigenvalue weighted by atomic mass is 10.2. The Morgan fingerprint density at radius 1 is 0.308 bits per heavy atom. The molecule has 0 aromatic carbocycles. The zero-order valence-corrected chi connectivity index (χ0v) is 11.0. The van der Waals surface area contributed by atoms with E-state index in [1.165, 1.54) is 0 Å². The van der Waals surface area contributed by atoms with Crippen LogP contribution in [-0.4, -0.2) is 35.5 Å². The van der Waals surface area contributed by atoms with E-state index in [0.29, 0.717) is 0 Å². The molecular formula is C10F16. The van der Waals surface area contributed by atoms with E-state index in [0.717, 1.165) is 0 Å². The summed E-state index contributed by atoms with van der Waals surface area (Å²) in [4.78, 5) is 0. The quantitative estimate of drug-likeness (QED) is 0.412. The van der Waals surface area contributed by atoms with Gasteiger partial charge in [0, 0.05) is 0 Å². The Morgan fingerprint density at radius 2 is 0.423 bits per heavy atom. The van der Waals surface area contributed by atoms with Crippen LogP contribution in [0.2, 0.25) is 0 Å². The molecule has 2 aliphatic rings. The van der Waals surface area contributed by atoms with Crippen LogP contribution in [0.15, 0.2) is 23.3 Å². The highest BCUT2D eigenvalue weighted by Crippen LogP contribution is 2.60. The topological polar surface area (TPSA) is 0 Å². The molecule has 0 amide bonds. The van der Waals surface area contributed by atoms with E-state index in [-0.39, 0.29) is 0 Å². The van der Waals surface area contributed by atoms with Gasteiger partial charge in [-0.1, -0.05) is 0 Å². The van der Waals surface area contributed by atoms with Crippen LogP contribution >= 0.6 is 0 Å². The molecule has 0 aromatic heterocycles. The van der Waals surface area contributed by atoms with E-state index in [1.807, 2.05) is 0 Å². The molecule has 0 aromatic rings. The highest BCUT2D eigenvalue weighted by Gasteiger charge is 2.83. The van der Waals surface area contributed by atoms with Crippen LogP contribution in [0.1, 0.15) is 0 Å². The van der Waals surface area contributed by atoms with E-state index in [2.05, 4.69) is 0 Å². The molecule has 0 aliphatic heterocycles. The molecule has 0 atom stereocenters. The molecule has 0 fully saturated rings. The van der Waals surface area contributed by atoms with Crippen molar-refractivity contribution >= 4 is 0 Å². The van der Waals surface area contributed by atoms with Crippen molar-refractivity contribution in [2.75, 3.05) is 0 Å². The van der Waals surface area contributed by atoms with Crippen LogP contribution in [0.25, 0.3) is 0 Å². The highest BCUT2D eigenvalue weighted by molar-refractivity contribution is 5.33. The summed E-state index contributed by atoms with van der Waals surface area (Å²) in [5.41, 5.74) is 0. The molecule has 0 nitrogen and oxygen atoms in total. The van der Waals surface area contributed by atoms with Gasteiger partial charge in [0.05, 0.1) is 0 Å². The maximum atomic E-state index is 12.0. The van der Waals surface area contributed by atoms with Crippen LogP contribution in [0.4, 0.5) is 70.2 Å². The smallest absolute Gasteiger partial charge is 0.202 e. The van der Waals surface area contributed by atoms with Gasteiger partial charge in [-0.05, 0) is 0 Å². The summed E-state index contributed by atoms with van der Waals surface area (Å²) < 4.78 is 191. The fourth-order valence-corrected chi connectivity index (χ4v) is 1.50. The van der Waals surface area contributed by atoms with E-state index >= 15 is 0 Å². The van der Waals surface area contributed by atoms with Crippen molar-refractivity contribution in [1.82, 2.24) is 0 Å². The van der Waals surface area contributed by atoms with Gasteiger partial charge < -0.3 is 0 Å². The number of halogens is 16. The molecule has 2 rings (SSSR count). The molecular weight excluding hydrogens is 424 g/mol. The van der Waals surface area contributed by atoms with Gasteiger partial charge in [0.1, 0.15) is 0 Å². The van der Waals surface area contributed by atoms with E-state index < -0.39 is 58.8 Å². The minimum Gasteiger partial charge on any atom is -0.202 e. The number of hydrogen-bond acceptors (Lipinski definition) is 0. The van der Waals surface area contributed by atoms with Crippen molar-refractivity contribution in [3.05, 3.63) is 23.3 Å². The fraction of sp³-hybridized carbons (Fsp3) is 0.600. The van der Waals surface area contributed by atoms with E-state index in [4.69, 9.17) is 0 Å². The molecule has 16 heteroatoms. The van der Waals surface area contributed by atoms with Crippen molar-refractivity contribution in [3.63, 3.8) is 0 Å². The molecule has 0 bridgehead atoms. The Hall–Kier alpha value is -1.64. The molecule has 0 radical (unpaired) electrons. The van der Waals surface area contributed by atoms with Gasteiger partial charge in [0.2, 0.25) is 23.3 Å². The molecule has 0 N–H and O–H groups in total. The molecule has 0 heterocycles. The lowest BCUT2D eigenvalue weighted by Crippen LogP contribution is -2.48. The average Bonchev–Trinajstić information content (AvgIpc) is 2.62. The third kappa shape index (κ3) is 2.32. The average molecular weight is 424 g/mol. The van der Waals surface area contributed by atoms with Crippen molar-refractivity contribution in [2.24, 2.45) is 0 Å². The van der Waals surface area contributed by atoms with Crippen molar-refractivity contribution in [1.29, 1.82) is 0 Å². The number of allylic oxidation sites excluding steroid dienone is 4. The largest absolute Gasteiger partial charge is 0.385 e. The number of hydrogen-bond donors (Lipinski definition) is 0. The zero-order chi connectivity index (χ0) is 21.3. The highest BCUT2D eigenvalue weighted by atomic mass is 19.4. The van der Waals surface area contributed by atoms with Gasteiger partial charge in [-0.15, -0.1) is 0 Å². The number of rotatable bonds is 0. The molecule has 2 aliphatic carbocycles. The summed E-state index contributed by atoms with van der Waals surface area (Å²) in [6.07, 6.45) is 0. The predicted molar refractivity (Wildman–Crippen MR) is 48.2 cm³/mol.